The zero-order valence-electron chi connectivity index (χ0n) is 10.8. The molecule has 100 valence electrons. The van der Waals surface area contributed by atoms with Crippen LogP contribution in [0.5, 0.6) is 0 Å². The Hall–Kier alpha value is -1.62. The molecule has 1 saturated heterocycles. The van der Waals surface area contributed by atoms with E-state index in [4.69, 9.17) is 8.83 Å². The van der Waals surface area contributed by atoms with Crippen LogP contribution in [0.3, 0.4) is 0 Å². The number of hydrogen-bond acceptors (Lipinski definition) is 5. The van der Waals surface area contributed by atoms with Gasteiger partial charge >= 0.3 is 0 Å². The lowest BCUT2D eigenvalue weighted by Gasteiger charge is -2.34. The molecule has 5 heteroatoms. The molecular formula is C14H17N3O2. The van der Waals surface area contributed by atoms with E-state index >= 15 is 0 Å². The highest BCUT2D eigenvalue weighted by molar-refractivity contribution is 5.42. The predicted molar refractivity (Wildman–Crippen MR) is 68.6 cm³/mol. The molecule has 0 bridgehead atoms. The maximum atomic E-state index is 5.75. The summed E-state index contributed by atoms with van der Waals surface area (Å²) in [6.45, 7) is 2.22. The van der Waals surface area contributed by atoms with Crippen molar-refractivity contribution in [2.24, 2.45) is 0 Å². The molecule has 2 aliphatic rings. The molecule has 0 radical (unpaired) electrons. The van der Waals surface area contributed by atoms with Crippen LogP contribution in [0.25, 0.3) is 11.7 Å². The van der Waals surface area contributed by atoms with Gasteiger partial charge in [0, 0.05) is 12.6 Å². The minimum absolute atomic E-state index is 0.386. The molecule has 0 unspecified atom stereocenters. The molecular weight excluding hydrogens is 242 g/mol. The maximum Gasteiger partial charge on any atom is 0.283 e. The highest BCUT2D eigenvalue weighted by Gasteiger charge is 2.34. The number of nitrogens with zero attached hydrogens (tertiary/aromatic N) is 3. The largest absolute Gasteiger partial charge is 0.459 e. The van der Waals surface area contributed by atoms with Gasteiger partial charge in [0.25, 0.3) is 5.89 Å². The van der Waals surface area contributed by atoms with Crippen LogP contribution in [0.1, 0.15) is 37.5 Å². The Morgan fingerprint density at radius 2 is 2.16 bits per heavy atom. The van der Waals surface area contributed by atoms with Crippen molar-refractivity contribution >= 4 is 0 Å². The molecule has 5 nitrogen and oxygen atoms in total. The van der Waals surface area contributed by atoms with Crippen LogP contribution in [0.2, 0.25) is 0 Å². The fraction of sp³-hybridized carbons (Fsp3) is 0.571. The molecule has 4 rings (SSSR count). The molecule has 2 aromatic heterocycles. The minimum atomic E-state index is 0.386. The van der Waals surface area contributed by atoms with E-state index in [2.05, 4.69) is 15.1 Å². The van der Waals surface area contributed by atoms with E-state index in [1.165, 1.54) is 19.3 Å². The third kappa shape index (κ3) is 1.98. The van der Waals surface area contributed by atoms with Gasteiger partial charge in [0.05, 0.1) is 12.2 Å². The average Bonchev–Trinajstić information content (AvgIpc) is 3.08. The first-order valence-corrected chi connectivity index (χ1v) is 7.01. The first kappa shape index (κ1) is 11.2. The Morgan fingerprint density at radius 1 is 1.21 bits per heavy atom. The zero-order valence-corrected chi connectivity index (χ0v) is 10.8. The third-order valence-electron chi connectivity index (χ3n) is 4.33. The van der Waals surface area contributed by atoms with E-state index in [9.17, 15) is 0 Å². The monoisotopic (exact) mass is 259 g/mol. The number of furan rings is 1. The Morgan fingerprint density at radius 3 is 2.89 bits per heavy atom. The van der Waals surface area contributed by atoms with E-state index in [1.807, 2.05) is 12.1 Å². The zero-order chi connectivity index (χ0) is 12.7. The Bertz CT molecular complexity index is 545. The van der Waals surface area contributed by atoms with Crippen LogP contribution in [0, 0.1) is 0 Å². The summed E-state index contributed by atoms with van der Waals surface area (Å²) in [5.41, 5.74) is 0. The quantitative estimate of drug-likeness (QED) is 0.848. The molecule has 0 amide bonds. The molecule has 2 fully saturated rings. The number of aromatic nitrogens is 2. The highest BCUT2D eigenvalue weighted by Crippen LogP contribution is 2.34. The van der Waals surface area contributed by atoms with Crippen LogP contribution in [0.15, 0.2) is 27.2 Å². The van der Waals surface area contributed by atoms with Crippen molar-refractivity contribution in [3.63, 3.8) is 0 Å². The van der Waals surface area contributed by atoms with E-state index in [0.717, 1.165) is 31.4 Å². The SMILES string of the molecule is c1coc(-c2nnc([C@H]3CCN(C4CCC4)C3)o2)c1. The van der Waals surface area contributed by atoms with Gasteiger partial charge in [-0.3, -0.25) is 4.90 Å². The summed E-state index contributed by atoms with van der Waals surface area (Å²) in [7, 11) is 0. The Kier molecular flexibility index (Phi) is 2.65. The molecule has 0 spiro atoms. The van der Waals surface area contributed by atoms with Crippen molar-refractivity contribution in [1.29, 1.82) is 0 Å². The summed E-state index contributed by atoms with van der Waals surface area (Å²) in [5, 5.41) is 8.27. The number of hydrogen-bond donors (Lipinski definition) is 0. The molecule has 0 N–H and O–H groups in total. The molecule has 19 heavy (non-hydrogen) atoms. The van der Waals surface area contributed by atoms with Crippen LogP contribution in [0.4, 0.5) is 0 Å². The molecule has 0 aromatic carbocycles. The second kappa shape index (κ2) is 4.49. The van der Waals surface area contributed by atoms with Crippen molar-refractivity contribution in [2.45, 2.75) is 37.6 Å². The molecule has 1 atom stereocenters. The molecule has 1 aliphatic heterocycles. The van der Waals surface area contributed by atoms with Gasteiger partial charge in [0.15, 0.2) is 5.76 Å². The summed E-state index contributed by atoms with van der Waals surface area (Å²) in [6, 6.07) is 4.47. The molecule has 1 aliphatic carbocycles. The summed E-state index contributed by atoms with van der Waals surface area (Å²) in [4.78, 5) is 2.57. The smallest absolute Gasteiger partial charge is 0.283 e. The van der Waals surface area contributed by atoms with Crippen molar-refractivity contribution in [2.75, 3.05) is 13.1 Å². The van der Waals surface area contributed by atoms with Gasteiger partial charge in [-0.2, -0.15) is 0 Å². The lowest BCUT2D eigenvalue weighted by Crippen LogP contribution is -2.38. The molecule has 3 heterocycles. The summed E-state index contributed by atoms with van der Waals surface area (Å²) < 4.78 is 11.0. The van der Waals surface area contributed by atoms with E-state index in [0.29, 0.717) is 17.6 Å². The standard InChI is InChI=1S/C14H17N3O2/c1-3-11(4-1)17-7-6-10(9-17)13-15-16-14(19-13)12-5-2-8-18-12/h2,5,8,10-11H,1,3-4,6-7,9H2/t10-/m0/s1. The molecule has 1 saturated carbocycles. The van der Waals surface area contributed by atoms with Gasteiger partial charge < -0.3 is 8.83 Å². The minimum Gasteiger partial charge on any atom is -0.459 e. The second-order valence-corrected chi connectivity index (χ2v) is 5.49. The fourth-order valence-electron chi connectivity index (χ4n) is 2.97. The van der Waals surface area contributed by atoms with Gasteiger partial charge in [-0.25, -0.2) is 0 Å². The van der Waals surface area contributed by atoms with Crippen LogP contribution >= 0.6 is 0 Å². The lowest BCUT2D eigenvalue weighted by atomic mass is 9.92. The Balaban J connectivity index is 1.48. The van der Waals surface area contributed by atoms with Crippen LogP contribution in [-0.2, 0) is 0 Å². The van der Waals surface area contributed by atoms with E-state index in [-0.39, 0.29) is 0 Å². The van der Waals surface area contributed by atoms with Gasteiger partial charge in [-0.05, 0) is 37.9 Å². The maximum absolute atomic E-state index is 5.75. The normalized spacial score (nSPS) is 24.7. The van der Waals surface area contributed by atoms with Crippen molar-refractivity contribution in [1.82, 2.24) is 15.1 Å². The average molecular weight is 259 g/mol. The second-order valence-electron chi connectivity index (χ2n) is 5.49. The molecule has 2 aromatic rings. The topological polar surface area (TPSA) is 55.3 Å². The van der Waals surface area contributed by atoms with Crippen molar-refractivity contribution in [3.8, 4) is 11.7 Å². The predicted octanol–water partition coefficient (Wildman–Crippen LogP) is 2.67. The van der Waals surface area contributed by atoms with Crippen LogP contribution < -0.4 is 0 Å². The fourth-order valence-corrected chi connectivity index (χ4v) is 2.97. The van der Waals surface area contributed by atoms with Gasteiger partial charge in [-0.15, -0.1) is 10.2 Å². The number of rotatable bonds is 3. The van der Waals surface area contributed by atoms with Crippen molar-refractivity contribution in [3.05, 3.63) is 24.3 Å². The number of likely N-dealkylation sites (tertiary alicyclic amines) is 1. The van der Waals surface area contributed by atoms with Crippen molar-refractivity contribution < 1.29 is 8.83 Å². The van der Waals surface area contributed by atoms with E-state index in [1.54, 1.807) is 6.26 Å². The Labute approximate surface area is 111 Å². The van der Waals surface area contributed by atoms with Crippen LogP contribution in [-0.4, -0.2) is 34.2 Å². The first-order chi connectivity index (χ1) is 9.40. The third-order valence-corrected chi connectivity index (χ3v) is 4.33. The van der Waals surface area contributed by atoms with Gasteiger partial charge in [0.2, 0.25) is 5.89 Å². The van der Waals surface area contributed by atoms with Gasteiger partial charge in [0.1, 0.15) is 0 Å². The highest BCUT2D eigenvalue weighted by atomic mass is 16.4. The van der Waals surface area contributed by atoms with Gasteiger partial charge in [-0.1, -0.05) is 6.42 Å². The van der Waals surface area contributed by atoms with E-state index < -0.39 is 0 Å². The summed E-state index contributed by atoms with van der Waals surface area (Å²) in [5.74, 6) is 2.28. The first-order valence-electron chi connectivity index (χ1n) is 7.01. The summed E-state index contributed by atoms with van der Waals surface area (Å²) >= 11 is 0. The lowest BCUT2D eigenvalue weighted by molar-refractivity contribution is 0.156. The summed E-state index contributed by atoms with van der Waals surface area (Å²) in [6.07, 6.45) is 6.83.